The van der Waals surface area contributed by atoms with Crippen molar-refractivity contribution in [2.45, 2.75) is 6.04 Å². The van der Waals surface area contributed by atoms with E-state index in [1.54, 1.807) is 36.1 Å². The van der Waals surface area contributed by atoms with Crippen LogP contribution in [0, 0.1) is 0 Å². The first-order chi connectivity index (χ1) is 10.3. The summed E-state index contributed by atoms with van der Waals surface area (Å²) in [6.07, 6.45) is 4.61. The van der Waals surface area contributed by atoms with Crippen LogP contribution >= 0.6 is 11.3 Å². The number of aliphatic hydroxyl groups excluding tert-OH is 1. The molecule has 3 aromatic rings. The van der Waals surface area contributed by atoms with Crippen molar-refractivity contribution >= 4 is 17.2 Å². The third-order valence-electron chi connectivity index (χ3n) is 2.88. The van der Waals surface area contributed by atoms with Gasteiger partial charge in [-0.3, -0.25) is 4.79 Å². The number of rotatable bonds is 5. The molecular formula is C14H12N2O4S. The van der Waals surface area contributed by atoms with Crippen LogP contribution < -0.4 is 5.32 Å². The van der Waals surface area contributed by atoms with Crippen molar-refractivity contribution in [2.75, 3.05) is 6.61 Å². The topological polar surface area (TPSA) is 88.5 Å². The maximum absolute atomic E-state index is 12.1. The van der Waals surface area contributed by atoms with Gasteiger partial charge in [-0.05, 0) is 18.2 Å². The summed E-state index contributed by atoms with van der Waals surface area (Å²) < 4.78 is 10.2. The van der Waals surface area contributed by atoms with Crippen molar-refractivity contribution in [1.29, 1.82) is 0 Å². The number of hydrogen-bond acceptors (Lipinski definition) is 6. The highest BCUT2D eigenvalue weighted by Crippen LogP contribution is 2.24. The Balaban J connectivity index is 1.73. The molecule has 2 N–H and O–H groups in total. The summed E-state index contributed by atoms with van der Waals surface area (Å²) in [6, 6.07) is 4.58. The van der Waals surface area contributed by atoms with Crippen molar-refractivity contribution in [1.82, 2.24) is 10.3 Å². The van der Waals surface area contributed by atoms with Crippen molar-refractivity contribution < 1.29 is 18.7 Å². The largest absolute Gasteiger partial charge is 0.472 e. The van der Waals surface area contributed by atoms with Crippen LogP contribution in [0.2, 0.25) is 0 Å². The molecule has 108 valence electrons. The highest BCUT2D eigenvalue weighted by Gasteiger charge is 2.19. The summed E-state index contributed by atoms with van der Waals surface area (Å²) in [7, 11) is 0. The minimum Gasteiger partial charge on any atom is -0.472 e. The van der Waals surface area contributed by atoms with Gasteiger partial charge in [0.25, 0.3) is 5.91 Å². The van der Waals surface area contributed by atoms with Gasteiger partial charge in [0.2, 0.25) is 0 Å². The van der Waals surface area contributed by atoms with Gasteiger partial charge >= 0.3 is 0 Å². The van der Waals surface area contributed by atoms with Gasteiger partial charge < -0.3 is 19.3 Å². The average Bonchev–Trinajstić information content (AvgIpc) is 3.26. The Hall–Kier alpha value is -2.38. The standard InChI is InChI=1S/C14H12N2O4S/c17-6-10(12-2-1-4-20-12)15-13(18)11-8-21-14(16-11)9-3-5-19-7-9/h1-5,7-8,10,17H,6H2,(H,15,18). The van der Waals surface area contributed by atoms with Crippen LogP contribution in [0.15, 0.2) is 51.2 Å². The van der Waals surface area contributed by atoms with E-state index < -0.39 is 6.04 Å². The molecule has 0 aromatic carbocycles. The van der Waals surface area contributed by atoms with Crippen LogP contribution in [-0.4, -0.2) is 22.6 Å². The molecule has 7 heteroatoms. The number of carbonyl (C=O) groups is 1. The van der Waals surface area contributed by atoms with Gasteiger partial charge in [0, 0.05) is 10.9 Å². The Bertz CT molecular complexity index is 703. The van der Waals surface area contributed by atoms with E-state index in [1.807, 2.05) is 0 Å². The first kappa shape index (κ1) is 13.6. The molecule has 3 heterocycles. The predicted octanol–water partition coefficient (Wildman–Crippen LogP) is 2.46. The quantitative estimate of drug-likeness (QED) is 0.756. The van der Waals surface area contributed by atoms with Crippen molar-refractivity contribution in [3.8, 4) is 10.6 Å². The number of nitrogens with zero attached hydrogens (tertiary/aromatic N) is 1. The van der Waals surface area contributed by atoms with Gasteiger partial charge in [-0.1, -0.05) is 0 Å². The first-order valence-corrected chi connectivity index (χ1v) is 7.09. The summed E-state index contributed by atoms with van der Waals surface area (Å²) in [4.78, 5) is 16.4. The van der Waals surface area contributed by atoms with E-state index in [0.29, 0.717) is 16.5 Å². The SMILES string of the molecule is O=C(NC(CO)c1ccco1)c1csc(-c2ccoc2)n1. The van der Waals surface area contributed by atoms with Gasteiger partial charge in [-0.2, -0.15) is 0 Å². The van der Waals surface area contributed by atoms with Crippen molar-refractivity contribution in [3.63, 3.8) is 0 Å². The Morgan fingerprint density at radius 1 is 1.43 bits per heavy atom. The third kappa shape index (κ3) is 2.88. The molecule has 3 aromatic heterocycles. The molecule has 0 saturated heterocycles. The van der Waals surface area contributed by atoms with Gasteiger partial charge in [-0.15, -0.1) is 11.3 Å². The molecule has 1 amide bonds. The highest BCUT2D eigenvalue weighted by atomic mass is 32.1. The molecule has 0 saturated carbocycles. The number of thiazole rings is 1. The Morgan fingerprint density at radius 2 is 2.33 bits per heavy atom. The van der Waals surface area contributed by atoms with Crippen molar-refractivity contribution in [2.24, 2.45) is 0 Å². The van der Waals surface area contributed by atoms with Gasteiger partial charge in [0.1, 0.15) is 28.8 Å². The number of nitrogens with one attached hydrogen (secondary N) is 1. The number of aliphatic hydroxyl groups is 1. The van der Waals surface area contributed by atoms with E-state index in [4.69, 9.17) is 8.83 Å². The fourth-order valence-electron chi connectivity index (χ4n) is 1.83. The summed E-state index contributed by atoms with van der Waals surface area (Å²) in [5, 5.41) is 14.4. The fraction of sp³-hybridized carbons (Fsp3) is 0.143. The lowest BCUT2D eigenvalue weighted by Crippen LogP contribution is -2.30. The molecule has 3 rings (SSSR count). The van der Waals surface area contributed by atoms with E-state index in [2.05, 4.69) is 10.3 Å². The van der Waals surface area contributed by atoms with Crippen LogP contribution in [0.25, 0.3) is 10.6 Å². The van der Waals surface area contributed by atoms with E-state index in [0.717, 1.165) is 5.56 Å². The van der Waals surface area contributed by atoms with Crippen LogP contribution in [0.5, 0.6) is 0 Å². The van der Waals surface area contributed by atoms with Gasteiger partial charge in [0.05, 0.1) is 19.1 Å². The number of hydrogen-bond donors (Lipinski definition) is 2. The van der Waals surface area contributed by atoms with Crippen LogP contribution in [-0.2, 0) is 0 Å². The second-order valence-electron chi connectivity index (χ2n) is 4.27. The molecule has 0 aliphatic rings. The summed E-state index contributed by atoms with van der Waals surface area (Å²) in [5.41, 5.74) is 1.12. The highest BCUT2D eigenvalue weighted by molar-refractivity contribution is 7.13. The van der Waals surface area contributed by atoms with E-state index >= 15 is 0 Å². The smallest absolute Gasteiger partial charge is 0.271 e. The zero-order valence-electron chi connectivity index (χ0n) is 10.9. The normalized spacial score (nSPS) is 12.2. The number of furan rings is 2. The lowest BCUT2D eigenvalue weighted by atomic mass is 10.2. The molecular weight excluding hydrogens is 292 g/mol. The summed E-state index contributed by atoms with van der Waals surface area (Å²) >= 11 is 1.35. The van der Waals surface area contributed by atoms with Crippen LogP contribution in [0.1, 0.15) is 22.3 Å². The van der Waals surface area contributed by atoms with Gasteiger partial charge in [-0.25, -0.2) is 4.98 Å². The number of aromatic nitrogens is 1. The monoisotopic (exact) mass is 304 g/mol. The van der Waals surface area contributed by atoms with E-state index in [1.165, 1.54) is 17.6 Å². The van der Waals surface area contributed by atoms with E-state index in [9.17, 15) is 9.90 Å². The molecule has 0 aliphatic heterocycles. The lowest BCUT2D eigenvalue weighted by molar-refractivity contribution is 0.0903. The van der Waals surface area contributed by atoms with Crippen LogP contribution in [0.4, 0.5) is 0 Å². The Morgan fingerprint density at radius 3 is 3.00 bits per heavy atom. The lowest BCUT2D eigenvalue weighted by Gasteiger charge is -2.12. The summed E-state index contributed by atoms with van der Waals surface area (Å²) in [5.74, 6) is 0.132. The minimum absolute atomic E-state index is 0.252. The van der Waals surface area contributed by atoms with Crippen molar-refractivity contribution in [3.05, 3.63) is 53.8 Å². The molecule has 0 fully saturated rings. The van der Waals surface area contributed by atoms with E-state index in [-0.39, 0.29) is 12.5 Å². The first-order valence-electron chi connectivity index (χ1n) is 6.21. The molecule has 1 unspecified atom stereocenters. The second-order valence-corrected chi connectivity index (χ2v) is 5.13. The molecule has 0 bridgehead atoms. The molecule has 21 heavy (non-hydrogen) atoms. The molecule has 0 radical (unpaired) electrons. The molecule has 6 nitrogen and oxygen atoms in total. The number of amides is 1. The fourth-order valence-corrected chi connectivity index (χ4v) is 2.61. The molecule has 0 spiro atoms. The maximum atomic E-state index is 12.1. The Kier molecular flexibility index (Phi) is 3.85. The number of carbonyl (C=O) groups excluding carboxylic acids is 1. The predicted molar refractivity (Wildman–Crippen MR) is 75.8 cm³/mol. The third-order valence-corrected chi connectivity index (χ3v) is 3.77. The zero-order chi connectivity index (χ0) is 14.7. The van der Waals surface area contributed by atoms with Crippen LogP contribution in [0.3, 0.4) is 0 Å². The molecule has 1 atom stereocenters. The van der Waals surface area contributed by atoms with Gasteiger partial charge in [0.15, 0.2) is 0 Å². The molecule has 0 aliphatic carbocycles. The average molecular weight is 304 g/mol. The Labute approximate surface area is 124 Å². The second kappa shape index (κ2) is 5.94. The zero-order valence-corrected chi connectivity index (χ0v) is 11.7. The summed E-state index contributed by atoms with van der Waals surface area (Å²) in [6.45, 7) is -0.252. The maximum Gasteiger partial charge on any atom is 0.271 e. The minimum atomic E-state index is -0.591.